The number of hydrogen-bond acceptors (Lipinski definition) is 3. The monoisotopic (exact) mass is 317 g/mol. The number of nitrogens with one attached hydrogen (secondary N) is 1. The summed E-state index contributed by atoms with van der Waals surface area (Å²) in [6.45, 7) is 0.156. The van der Waals surface area contributed by atoms with Crippen LogP contribution >= 0.6 is 0 Å². The highest BCUT2D eigenvalue weighted by atomic mass is 19.4. The van der Waals surface area contributed by atoms with Crippen LogP contribution < -0.4 is 5.32 Å². The van der Waals surface area contributed by atoms with Crippen molar-refractivity contribution >= 4 is 11.5 Å². The van der Waals surface area contributed by atoms with Gasteiger partial charge in [-0.2, -0.15) is 13.2 Å². The van der Waals surface area contributed by atoms with Crippen molar-refractivity contribution in [3.63, 3.8) is 0 Å². The van der Waals surface area contributed by atoms with Gasteiger partial charge in [0, 0.05) is 19.7 Å². The number of aliphatic hydroxyl groups excluding tert-OH is 1. The minimum atomic E-state index is -4.63. The molecule has 0 heterocycles. The van der Waals surface area contributed by atoms with Crippen molar-refractivity contribution in [1.29, 1.82) is 0 Å². The van der Waals surface area contributed by atoms with Crippen LogP contribution in [0.3, 0.4) is 0 Å². The van der Waals surface area contributed by atoms with E-state index in [0.717, 1.165) is 0 Å². The lowest BCUT2D eigenvalue weighted by atomic mass is 10.1. The summed E-state index contributed by atoms with van der Waals surface area (Å²) in [7, 11) is 1.42. The topological polar surface area (TPSA) is 58.6 Å². The molecule has 1 atom stereocenters. The molecule has 0 saturated carbocycles. The second-order valence-electron chi connectivity index (χ2n) is 4.61. The number of halogens is 3. The summed E-state index contributed by atoms with van der Waals surface area (Å²) in [5.74, 6) is -0.860. The van der Waals surface area contributed by atoms with E-state index in [2.05, 4.69) is 5.32 Å². The molecule has 0 radical (unpaired) electrons. The van der Waals surface area contributed by atoms with Gasteiger partial charge in [0.1, 0.15) is 0 Å². The number of ether oxygens (including phenoxy) is 1. The lowest BCUT2D eigenvalue weighted by Crippen LogP contribution is -2.28. The van der Waals surface area contributed by atoms with E-state index >= 15 is 0 Å². The summed E-state index contributed by atoms with van der Waals surface area (Å²) in [6.07, 6.45) is -4.68. The smallest absolute Gasteiger partial charge is 0.391 e. The van der Waals surface area contributed by atoms with Crippen molar-refractivity contribution in [2.75, 3.05) is 20.3 Å². The maximum Gasteiger partial charge on any atom is 0.417 e. The Hall–Kier alpha value is -1.86. The molecule has 0 spiro atoms. The summed E-state index contributed by atoms with van der Waals surface area (Å²) >= 11 is 0. The van der Waals surface area contributed by atoms with Crippen LogP contribution in [0.2, 0.25) is 0 Å². The summed E-state index contributed by atoms with van der Waals surface area (Å²) in [4.78, 5) is 11.6. The number of rotatable bonds is 7. The predicted octanol–water partition coefficient (Wildman–Crippen LogP) is 2.15. The van der Waals surface area contributed by atoms with Crippen molar-refractivity contribution in [3.05, 3.63) is 42.0 Å². The van der Waals surface area contributed by atoms with Crippen LogP contribution in [0.15, 0.2) is 36.4 Å². The summed E-state index contributed by atoms with van der Waals surface area (Å²) in [6, 6.07) is 7.10. The van der Waals surface area contributed by atoms with Gasteiger partial charge in [0.15, 0.2) is 0 Å². The molecule has 1 aromatic carbocycles. The SMILES string of the molecule is COCC(O)CCNC(=O)/C=C(/c1ccccc1)C(F)(F)F. The van der Waals surface area contributed by atoms with Gasteiger partial charge in [-0.05, 0) is 12.0 Å². The predicted molar refractivity (Wildman–Crippen MR) is 76.0 cm³/mol. The third kappa shape index (κ3) is 6.28. The molecule has 22 heavy (non-hydrogen) atoms. The number of amides is 1. The van der Waals surface area contributed by atoms with Crippen LogP contribution in [-0.2, 0) is 9.53 Å². The molecular formula is C15H18F3NO3. The molecule has 0 saturated heterocycles. The normalized spacial score (nSPS) is 13.8. The molecule has 0 aliphatic rings. The van der Waals surface area contributed by atoms with Gasteiger partial charge in [-0.15, -0.1) is 0 Å². The van der Waals surface area contributed by atoms with E-state index in [4.69, 9.17) is 4.74 Å². The average Bonchev–Trinajstić information content (AvgIpc) is 2.45. The lowest BCUT2D eigenvalue weighted by molar-refractivity contribution is -0.117. The first-order valence-electron chi connectivity index (χ1n) is 6.63. The van der Waals surface area contributed by atoms with Crippen LogP contribution in [0.4, 0.5) is 13.2 Å². The average molecular weight is 317 g/mol. The fourth-order valence-electron chi connectivity index (χ4n) is 1.77. The Kier molecular flexibility index (Phi) is 7.07. The number of carbonyl (C=O) groups is 1. The van der Waals surface area contributed by atoms with Gasteiger partial charge < -0.3 is 15.2 Å². The molecule has 1 aromatic rings. The second kappa shape index (κ2) is 8.55. The molecular weight excluding hydrogens is 299 g/mol. The maximum absolute atomic E-state index is 13.0. The highest BCUT2D eigenvalue weighted by Crippen LogP contribution is 2.33. The van der Waals surface area contributed by atoms with E-state index in [0.29, 0.717) is 6.08 Å². The second-order valence-corrected chi connectivity index (χ2v) is 4.61. The molecule has 4 nitrogen and oxygen atoms in total. The van der Waals surface area contributed by atoms with Gasteiger partial charge in [-0.3, -0.25) is 4.79 Å². The number of alkyl halides is 3. The van der Waals surface area contributed by atoms with E-state index in [1.807, 2.05) is 0 Å². The van der Waals surface area contributed by atoms with Gasteiger partial charge in [-0.25, -0.2) is 0 Å². The lowest BCUT2D eigenvalue weighted by Gasteiger charge is -2.13. The van der Waals surface area contributed by atoms with E-state index in [-0.39, 0.29) is 25.1 Å². The Morgan fingerprint density at radius 3 is 2.55 bits per heavy atom. The van der Waals surface area contributed by atoms with Crippen LogP contribution in [0, 0.1) is 0 Å². The molecule has 7 heteroatoms. The number of benzene rings is 1. The van der Waals surface area contributed by atoms with E-state index < -0.39 is 23.8 Å². The fraction of sp³-hybridized carbons (Fsp3) is 0.400. The van der Waals surface area contributed by atoms with Crippen LogP contribution in [0.25, 0.3) is 5.57 Å². The van der Waals surface area contributed by atoms with Crippen molar-refractivity contribution in [2.24, 2.45) is 0 Å². The standard InChI is InChI=1S/C15H18F3NO3/c1-22-10-12(20)7-8-19-14(21)9-13(15(16,17)18)11-5-3-2-4-6-11/h2-6,9,12,20H,7-8,10H2,1H3,(H,19,21)/b13-9-. The number of hydrogen-bond donors (Lipinski definition) is 2. The minimum absolute atomic E-state index is 0.0553. The molecule has 0 bridgehead atoms. The third-order valence-electron chi connectivity index (χ3n) is 2.80. The van der Waals surface area contributed by atoms with Crippen molar-refractivity contribution in [1.82, 2.24) is 5.32 Å². The first-order chi connectivity index (χ1) is 10.3. The van der Waals surface area contributed by atoms with Gasteiger partial charge in [-0.1, -0.05) is 30.3 Å². The summed E-state index contributed by atoms with van der Waals surface area (Å²) in [5.41, 5.74) is -1.09. The van der Waals surface area contributed by atoms with E-state index in [1.165, 1.54) is 31.4 Å². The minimum Gasteiger partial charge on any atom is -0.391 e. The first kappa shape index (κ1) is 18.2. The van der Waals surface area contributed by atoms with Crippen LogP contribution in [0.1, 0.15) is 12.0 Å². The molecule has 0 aliphatic carbocycles. The zero-order chi connectivity index (χ0) is 16.6. The Balaban J connectivity index is 2.71. The van der Waals surface area contributed by atoms with Gasteiger partial charge in [0.2, 0.25) is 5.91 Å². The third-order valence-corrected chi connectivity index (χ3v) is 2.80. The summed E-state index contributed by atoms with van der Waals surface area (Å²) in [5, 5.41) is 11.7. The van der Waals surface area contributed by atoms with Crippen LogP contribution in [0.5, 0.6) is 0 Å². The number of carbonyl (C=O) groups excluding carboxylic acids is 1. The molecule has 122 valence electrons. The highest BCUT2D eigenvalue weighted by molar-refractivity contribution is 5.96. The van der Waals surface area contributed by atoms with E-state index in [9.17, 15) is 23.1 Å². The van der Waals surface area contributed by atoms with E-state index in [1.54, 1.807) is 6.07 Å². The molecule has 0 fully saturated rings. The maximum atomic E-state index is 13.0. The first-order valence-corrected chi connectivity index (χ1v) is 6.63. The van der Waals surface area contributed by atoms with Gasteiger partial charge in [0.25, 0.3) is 0 Å². The Labute approximate surface area is 126 Å². The zero-order valence-corrected chi connectivity index (χ0v) is 12.1. The molecule has 2 N–H and O–H groups in total. The largest absolute Gasteiger partial charge is 0.417 e. The molecule has 1 unspecified atom stereocenters. The zero-order valence-electron chi connectivity index (χ0n) is 12.1. The number of allylic oxidation sites excluding steroid dienone is 1. The Morgan fingerprint density at radius 1 is 1.36 bits per heavy atom. The Morgan fingerprint density at radius 2 is 2.00 bits per heavy atom. The van der Waals surface area contributed by atoms with Gasteiger partial charge >= 0.3 is 6.18 Å². The van der Waals surface area contributed by atoms with Crippen molar-refractivity contribution in [2.45, 2.75) is 18.7 Å². The molecule has 0 aliphatic heterocycles. The highest BCUT2D eigenvalue weighted by Gasteiger charge is 2.35. The van der Waals surface area contributed by atoms with Crippen molar-refractivity contribution < 1.29 is 27.8 Å². The van der Waals surface area contributed by atoms with Gasteiger partial charge in [0.05, 0.1) is 18.3 Å². The van der Waals surface area contributed by atoms with Crippen LogP contribution in [-0.4, -0.2) is 43.6 Å². The molecule has 1 amide bonds. The number of methoxy groups -OCH3 is 1. The molecule has 1 rings (SSSR count). The fourth-order valence-corrected chi connectivity index (χ4v) is 1.77. The molecule has 0 aromatic heterocycles. The van der Waals surface area contributed by atoms with Crippen molar-refractivity contribution in [3.8, 4) is 0 Å². The summed E-state index contributed by atoms with van der Waals surface area (Å²) < 4.78 is 43.7. The Bertz CT molecular complexity index is 501. The quantitative estimate of drug-likeness (QED) is 0.758. The number of aliphatic hydroxyl groups is 1.